The van der Waals surface area contributed by atoms with E-state index in [4.69, 9.17) is 5.11 Å². The summed E-state index contributed by atoms with van der Waals surface area (Å²) in [4.78, 5) is 6.49. The molecule has 0 saturated heterocycles. The molecule has 1 heterocycles. The molecule has 0 spiro atoms. The zero-order valence-electron chi connectivity index (χ0n) is 10.3. The summed E-state index contributed by atoms with van der Waals surface area (Å²) in [6.07, 6.45) is 1.84. The van der Waals surface area contributed by atoms with Gasteiger partial charge in [-0.3, -0.25) is 9.88 Å². The van der Waals surface area contributed by atoms with Gasteiger partial charge >= 0.3 is 0 Å². The molecule has 17 heavy (non-hydrogen) atoms. The number of hydrogen-bond donors (Lipinski definition) is 1. The standard InChI is InChI=1S/C14H18N2O/c1-11(10-17)16(2)9-12-7-8-15-14-6-4-3-5-13(12)14/h3-8,11,17H,9-10H2,1-2H3. The number of likely N-dealkylation sites (N-methyl/N-ethyl adjacent to an activating group) is 1. The molecule has 0 aliphatic rings. The van der Waals surface area contributed by atoms with Gasteiger partial charge in [-0.15, -0.1) is 0 Å². The van der Waals surface area contributed by atoms with Crippen LogP contribution >= 0.6 is 0 Å². The van der Waals surface area contributed by atoms with Gasteiger partial charge in [-0.25, -0.2) is 0 Å². The van der Waals surface area contributed by atoms with Gasteiger partial charge in [-0.05, 0) is 31.7 Å². The van der Waals surface area contributed by atoms with Crippen molar-refractivity contribution in [2.24, 2.45) is 0 Å². The number of benzene rings is 1. The number of nitrogens with zero attached hydrogens (tertiary/aromatic N) is 2. The first-order chi connectivity index (χ1) is 8.22. The number of para-hydroxylation sites is 1. The van der Waals surface area contributed by atoms with Gasteiger partial charge in [0.15, 0.2) is 0 Å². The van der Waals surface area contributed by atoms with Crippen molar-refractivity contribution in [1.82, 2.24) is 9.88 Å². The van der Waals surface area contributed by atoms with Crippen LogP contribution in [0.5, 0.6) is 0 Å². The van der Waals surface area contributed by atoms with Gasteiger partial charge < -0.3 is 5.11 Å². The highest BCUT2D eigenvalue weighted by atomic mass is 16.3. The Labute approximate surface area is 102 Å². The van der Waals surface area contributed by atoms with Gasteiger partial charge in [0.05, 0.1) is 12.1 Å². The molecule has 0 aliphatic carbocycles. The van der Waals surface area contributed by atoms with Crippen molar-refractivity contribution in [3.8, 4) is 0 Å². The monoisotopic (exact) mass is 230 g/mol. The molecule has 90 valence electrons. The lowest BCUT2D eigenvalue weighted by molar-refractivity contribution is 0.154. The Morgan fingerprint density at radius 1 is 1.29 bits per heavy atom. The summed E-state index contributed by atoms with van der Waals surface area (Å²) >= 11 is 0. The average Bonchev–Trinajstić information content (AvgIpc) is 2.38. The van der Waals surface area contributed by atoms with E-state index in [0.29, 0.717) is 0 Å². The van der Waals surface area contributed by atoms with E-state index in [9.17, 15) is 0 Å². The molecule has 1 aromatic carbocycles. The zero-order valence-corrected chi connectivity index (χ0v) is 10.3. The van der Waals surface area contributed by atoms with Crippen molar-refractivity contribution < 1.29 is 5.11 Å². The first kappa shape index (κ1) is 12.0. The van der Waals surface area contributed by atoms with Crippen molar-refractivity contribution in [1.29, 1.82) is 0 Å². The quantitative estimate of drug-likeness (QED) is 0.873. The van der Waals surface area contributed by atoms with E-state index in [1.54, 1.807) is 0 Å². The van der Waals surface area contributed by atoms with E-state index in [1.165, 1.54) is 10.9 Å². The highest BCUT2D eigenvalue weighted by Gasteiger charge is 2.10. The maximum atomic E-state index is 9.14. The third-order valence-corrected chi connectivity index (χ3v) is 3.18. The highest BCUT2D eigenvalue weighted by Crippen LogP contribution is 2.18. The second-order valence-corrected chi connectivity index (χ2v) is 4.43. The Morgan fingerprint density at radius 3 is 2.82 bits per heavy atom. The fraction of sp³-hybridized carbons (Fsp3) is 0.357. The molecule has 1 aromatic heterocycles. The van der Waals surface area contributed by atoms with Crippen molar-refractivity contribution in [2.75, 3.05) is 13.7 Å². The van der Waals surface area contributed by atoms with Crippen LogP contribution in [0.2, 0.25) is 0 Å². The third-order valence-electron chi connectivity index (χ3n) is 3.18. The lowest BCUT2D eigenvalue weighted by atomic mass is 10.1. The predicted molar refractivity (Wildman–Crippen MR) is 69.8 cm³/mol. The summed E-state index contributed by atoms with van der Waals surface area (Å²) in [5.41, 5.74) is 2.27. The Hall–Kier alpha value is -1.45. The summed E-state index contributed by atoms with van der Waals surface area (Å²) in [7, 11) is 2.02. The lowest BCUT2D eigenvalue weighted by Gasteiger charge is -2.23. The van der Waals surface area contributed by atoms with Crippen LogP contribution in [-0.2, 0) is 6.54 Å². The largest absolute Gasteiger partial charge is 0.395 e. The SMILES string of the molecule is CC(CO)N(C)Cc1ccnc2ccccc12. The van der Waals surface area contributed by atoms with E-state index >= 15 is 0 Å². The van der Waals surface area contributed by atoms with Gasteiger partial charge in [-0.1, -0.05) is 18.2 Å². The second kappa shape index (κ2) is 5.25. The second-order valence-electron chi connectivity index (χ2n) is 4.43. The number of fused-ring (bicyclic) bond motifs is 1. The topological polar surface area (TPSA) is 36.4 Å². The van der Waals surface area contributed by atoms with E-state index in [0.717, 1.165) is 12.1 Å². The first-order valence-electron chi connectivity index (χ1n) is 5.86. The van der Waals surface area contributed by atoms with Gasteiger partial charge in [-0.2, -0.15) is 0 Å². The van der Waals surface area contributed by atoms with Gasteiger partial charge in [0.2, 0.25) is 0 Å². The minimum Gasteiger partial charge on any atom is -0.395 e. The Kier molecular flexibility index (Phi) is 3.71. The molecule has 1 N–H and O–H groups in total. The van der Waals surface area contributed by atoms with Crippen molar-refractivity contribution in [3.63, 3.8) is 0 Å². The molecule has 0 saturated carbocycles. The van der Waals surface area contributed by atoms with Crippen LogP contribution in [-0.4, -0.2) is 34.7 Å². The normalized spacial score (nSPS) is 13.2. The van der Waals surface area contributed by atoms with Crippen molar-refractivity contribution in [3.05, 3.63) is 42.1 Å². The first-order valence-corrected chi connectivity index (χ1v) is 5.86. The molecule has 1 unspecified atom stereocenters. The van der Waals surface area contributed by atoms with Crippen molar-refractivity contribution >= 4 is 10.9 Å². The number of pyridine rings is 1. The molecule has 0 amide bonds. The number of aliphatic hydroxyl groups excluding tert-OH is 1. The number of hydrogen-bond acceptors (Lipinski definition) is 3. The Morgan fingerprint density at radius 2 is 2.06 bits per heavy atom. The molecule has 0 aliphatic heterocycles. The van der Waals surface area contributed by atoms with E-state index in [2.05, 4.69) is 16.0 Å². The van der Waals surface area contributed by atoms with E-state index < -0.39 is 0 Å². The molecule has 2 aromatic rings. The number of rotatable bonds is 4. The Bertz CT molecular complexity index is 493. The molecule has 2 rings (SSSR count). The van der Waals surface area contributed by atoms with Gasteiger partial charge in [0.1, 0.15) is 0 Å². The molecular weight excluding hydrogens is 212 g/mol. The third kappa shape index (κ3) is 2.62. The molecule has 0 radical (unpaired) electrons. The summed E-state index contributed by atoms with van der Waals surface area (Å²) in [6.45, 7) is 3.02. The highest BCUT2D eigenvalue weighted by molar-refractivity contribution is 5.81. The Balaban J connectivity index is 2.30. The molecular formula is C14H18N2O. The minimum atomic E-state index is 0.168. The van der Waals surface area contributed by atoms with Gasteiger partial charge in [0, 0.05) is 24.2 Å². The molecule has 1 atom stereocenters. The van der Waals surface area contributed by atoms with E-state index in [-0.39, 0.29) is 12.6 Å². The fourth-order valence-corrected chi connectivity index (χ4v) is 1.86. The summed E-state index contributed by atoms with van der Waals surface area (Å²) in [6, 6.07) is 10.4. The van der Waals surface area contributed by atoms with Crippen LogP contribution < -0.4 is 0 Å². The van der Waals surface area contributed by atoms with Crippen LogP contribution in [0, 0.1) is 0 Å². The molecule has 0 bridgehead atoms. The maximum Gasteiger partial charge on any atom is 0.0705 e. The maximum absolute atomic E-state index is 9.14. The van der Waals surface area contributed by atoms with Crippen molar-refractivity contribution in [2.45, 2.75) is 19.5 Å². The fourth-order valence-electron chi connectivity index (χ4n) is 1.86. The molecule has 0 fully saturated rings. The average molecular weight is 230 g/mol. The summed E-state index contributed by atoms with van der Waals surface area (Å²) < 4.78 is 0. The van der Waals surface area contributed by atoms with Crippen LogP contribution in [0.25, 0.3) is 10.9 Å². The van der Waals surface area contributed by atoms with Gasteiger partial charge in [0.25, 0.3) is 0 Å². The lowest BCUT2D eigenvalue weighted by Crippen LogP contribution is -2.31. The van der Waals surface area contributed by atoms with E-state index in [1.807, 2.05) is 44.4 Å². The van der Waals surface area contributed by atoms with Crippen LogP contribution in [0.4, 0.5) is 0 Å². The molecule has 3 heteroatoms. The number of aliphatic hydroxyl groups is 1. The minimum absolute atomic E-state index is 0.168. The zero-order chi connectivity index (χ0) is 12.3. The smallest absolute Gasteiger partial charge is 0.0705 e. The predicted octanol–water partition coefficient (Wildman–Crippen LogP) is 2.05. The van der Waals surface area contributed by atoms with Crippen LogP contribution in [0.15, 0.2) is 36.5 Å². The van der Waals surface area contributed by atoms with Crippen LogP contribution in [0.1, 0.15) is 12.5 Å². The van der Waals surface area contributed by atoms with Crippen LogP contribution in [0.3, 0.4) is 0 Å². The molecule has 3 nitrogen and oxygen atoms in total. The summed E-state index contributed by atoms with van der Waals surface area (Å²) in [5, 5.41) is 10.3. The number of aromatic nitrogens is 1. The summed E-state index contributed by atoms with van der Waals surface area (Å²) in [5.74, 6) is 0.